The van der Waals surface area contributed by atoms with Gasteiger partial charge in [0.15, 0.2) is 0 Å². The highest BCUT2D eigenvalue weighted by Crippen LogP contribution is 2.18. The first-order chi connectivity index (χ1) is 8.91. The second kappa shape index (κ2) is 6.65. The lowest BCUT2D eigenvalue weighted by molar-refractivity contribution is -0.114. The molecule has 6 nitrogen and oxygen atoms in total. The average Bonchev–Trinajstić information content (AvgIpc) is 2.35. The summed E-state index contributed by atoms with van der Waals surface area (Å²) in [5.74, 6) is -0.224. The van der Waals surface area contributed by atoms with Crippen LogP contribution in [-0.4, -0.2) is 37.0 Å². The van der Waals surface area contributed by atoms with Crippen molar-refractivity contribution in [2.45, 2.75) is 25.2 Å². The molecule has 0 saturated heterocycles. The Balaban J connectivity index is 2.98. The summed E-state index contributed by atoms with van der Waals surface area (Å²) in [5, 5.41) is 11.7. The second-order valence-corrected chi connectivity index (χ2v) is 5.97. The SMILES string of the molecule is CCCN(CO)S(=O)(=O)c1ccc(NC(C)=O)cc1. The third-order valence-corrected chi connectivity index (χ3v) is 4.29. The van der Waals surface area contributed by atoms with Crippen LogP contribution in [0.3, 0.4) is 0 Å². The summed E-state index contributed by atoms with van der Waals surface area (Å²) in [5.41, 5.74) is 0.525. The maximum absolute atomic E-state index is 12.2. The van der Waals surface area contributed by atoms with Gasteiger partial charge in [0.2, 0.25) is 15.9 Å². The number of rotatable bonds is 6. The Hall–Kier alpha value is -1.44. The van der Waals surface area contributed by atoms with Crippen molar-refractivity contribution in [2.75, 3.05) is 18.6 Å². The molecule has 0 spiro atoms. The van der Waals surface area contributed by atoms with Gasteiger partial charge in [-0.1, -0.05) is 6.92 Å². The Morgan fingerprint density at radius 3 is 2.32 bits per heavy atom. The Bertz CT molecular complexity index is 525. The fourth-order valence-corrected chi connectivity index (χ4v) is 2.93. The van der Waals surface area contributed by atoms with Crippen molar-refractivity contribution in [1.29, 1.82) is 0 Å². The first-order valence-electron chi connectivity index (χ1n) is 5.90. The van der Waals surface area contributed by atoms with Gasteiger partial charge in [-0.05, 0) is 30.7 Å². The van der Waals surface area contributed by atoms with E-state index in [-0.39, 0.29) is 17.3 Å². The standard InChI is InChI=1S/C12H18N2O4S/c1-3-8-14(9-15)19(17,18)12-6-4-11(5-7-12)13-10(2)16/h4-7,15H,3,8-9H2,1-2H3,(H,13,16). The minimum absolute atomic E-state index is 0.0871. The molecule has 19 heavy (non-hydrogen) atoms. The van der Waals surface area contributed by atoms with E-state index >= 15 is 0 Å². The van der Waals surface area contributed by atoms with E-state index in [1.807, 2.05) is 6.92 Å². The molecule has 1 rings (SSSR count). The van der Waals surface area contributed by atoms with Gasteiger partial charge in [0.05, 0.1) is 4.90 Å². The second-order valence-electron chi connectivity index (χ2n) is 4.03. The predicted octanol–water partition coefficient (Wildman–Crippen LogP) is 0.996. The molecule has 0 aliphatic carbocycles. The zero-order chi connectivity index (χ0) is 14.5. The smallest absolute Gasteiger partial charge is 0.245 e. The van der Waals surface area contributed by atoms with Crippen LogP contribution >= 0.6 is 0 Å². The molecule has 0 atom stereocenters. The number of hydrogen-bond donors (Lipinski definition) is 2. The van der Waals surface area contributed by atoms with Crippen LogP contribution in [0.2, 0.25) is 0 Å². The van der Waals surface area contributed by atoms with Gasteiger partial charge < -0.3 is 10.4 Å². The third-order valence-electron chi connectivity index (χ3n) is 2.44. The van der Waals surface area contributed by atoms with Crippen LogP contribution in [0.25, 0.3) is 0 Å². The average molecular weight is 286 g/mol. The molecular formula is C12H18N2O4S. The summed E-state index contributed by atoms with van der Waals surface area (Å²) < 4.78 is 25.3. The molecule has 7 heteroatoms. The maximum atomic E-state index is 12.2. The van der Waals surface area contributed by atoms with Gasteiger partial charge in [0.1, 0.15) is 6.73 Å². The normalized spacial score (nSPS) is 11.6. The number of carbonyl (C=O) groups is 1. The van der Waals surface area contributed by atoms with Gasteiger partial charge in [-0.15, -0.1) is 0 Å². The highest BCUT2D eigenvalue weighted by atomic mass is 32.2. The minimum Gasteiger partial charge on any atom is -0.380 e. The number of hydrogen-bond acceptors (Lipinski definition) is 4. The molecule has 0 saturated carbocycles. The lowest BCUT2D eigenvalue weighted by atomic mass is 10.3. The molecule has 1 aromatic carbocycles. The molecule has 0 radical (unpaired) electrons. The number of carbonyl (C=O) groups excluding carboxylic acids is 1. The van der Waals surface area contributed by atoms with Crippen molar-refractivity contribution in [2.24, 2.45) is 0 Å². The monoisotopic (exact) mass is 286 g/mol. The molecule has 0 unspecified atom stereocenters. The number of anilines is 1. The summed E-state index contributed by atoms with van der Waals surface area (Å²) in [7, 11) is -3.69. The molecule has 1 aromatic rings. The molecule has 0 fully saturated rings. The van der Waals surface area contributed by atoms with Crippen molar-refractivity contribution in [3.05, 3.63) is 24.3 Å². The molecule has 0 aromatic heterocycles. The van der Waals surface area contributed by atoms with E-state index < -0.39 is 16.8 Å². The molecule has 0 aliphatic rings. The Morgan fingerprint density at radius 1 is 1.32 bits per heavy atom. The first-order valence-corrected chi connectivity index (χ1v) is 7.34. The summed E-state index contributed by atoms with van der Waals surface area (Å²) >= 11 is 0. The van der Waals surface area contributed by atoms with Crippen LogP contribution < -0.4 is 5.32 Å². The molecule has 1 amide bonds. The number of nitrogens with zero attached hydrogens (tertiary/aromatic N) is 1. The summed E-state index contributed by atoms with van der Waals surface area (Å²) in [6.07, 6.45) is 0.615. The number of aliphatic hydroxyl groups excluding tert-OH is 1. The maximum Gasteiger partial charge on any atom is 0.245 e. The van der Waals surface area contributed by atoms with E-state index in [0.717, 1.165) is 4.31 Å². The van der Waals surface area contributed by atoms with Crippen LogP contribution in [0, 0.1) is 0 Å². The highest BCUT2D eigenvalue weighted by Gasteiger charge is 2.22. The quantitative estimate of drug-likeness (QED) is 0.764. The van der Waals surface area contributed by atoms with Crippen molar-refractivity contribution >= 4 is 21.6 Å². The molecule has 106 valence electrons. The molecule has 0 bridgehead atoms. The van der Waals surface area contributed by atoms with Crippen LogP contribution in [0.4, 0.5) is 5.69 Å². The number of nitrogens with one attached hydrogen (secondary N) is 1. The summed E-state index contributed by atoms with van der Waals surface area (Å²) in [6, 6.07) is 5.82. The van der Waals surface area contributed by atoms with Crippen LogP contribution in [0.15, 0.2) is 29.2 Å². The van der Waals surface area contributed by atoms with Gasteiger partial charge in [0, 0.05) is 19.2 Å². The number of aliphatic hydroxyl groups is 1. The highest BCUT2D eigenvalue weighted by molar-refractivity contribution is 7.89. The molecule has 0 aliphatic heterocycles. The third kappa shape index (κ3) is 4.02. The van der Waals surface area contributed by atoms with E-state index in [9.17, 15) is 13.2 Å². The lowest BCUT2D eigenvalue weighted by Crippen LogP contribution is -2.32. The first kappa shape index (κ1) is 15.6. The Morgan fingerprint density at radius 2 is 1.89 bits per heavy atom. The van der Waals surface area contributed by atoms with Gasteiger partial charge in [0.25, 0.3) is 0 Å². The summed E-state index contributed by atoms with van der Waals surface area (Å²) in [4.78, 5) is 11.0. The van der Waals surface area contributed by atoms with E-state index in [0.29, 0.717) is 12.1 Å². The lowest BCUT2D eigenvalue weighted by Gasteiger charge is -2.18. The fourth-order valence-electron chi connectivity index (χ4n) is 1.58. The van der Waals surface area contributed by atoms with Crippen molar-refractivity contribution in [1.82, 2.24) is 4.31 Å². The number of benzene rings is 1. The van der Waals surface area contributed by atoms with Gasteiger partial charge in [-0.2, -0.15) is 4.31 Å². The zero-order valence-corrected chi connectivity index (χ0v) is 11.8. The van der Waals surface area contributed by atoms with Gasteiger partial charge in [-0.25, -0.2) is 8.42 Å². The Labute approximate surface area is 113 Å². The zero-order valence-electron chi connectivity index (χ0n) is 11.0. The van der Waals surface area contributed by atoms with E-state index in [4.69, 9.17) is 5.11 Å². The van der Waals surface area contributed by atoms with Crippen LogP contribution in [0.5, 0.6) is 0 Å². The Kier molecular flexibility index (Phi) is 5.46. The van der Waals surface area contributed by atoms with Crippen molar-refractivity contribution in [3.8, 4) is 0 Å². The molecule has 0 heterocycles. The van der Waals surface area contributed by atoms with Crippen molar-refractivity contribution in [3.63, 3.8) is 0 Å². The largest absolute Gasteiger partial charge is 0.380 e. The number of amides is 1. The van der Waals surface area contributed by atoms with Crippen molar-refractivity contribution < 1.29 is 18.3 Å². The number of sulfonamides is 1. The van der Waals surface area contributed by atoms with E-state index in [2.05, 4.69) is 5.32 Å². The van der Waals surface area contributed by atoms with Gasteiger partial charge >= 0.3 is 0 Å². The fraction of sp³-hybridized carbons (Fsp3) is 0.417. The minimum atomic E-state index is -3.69. The van der Waals surface area contributed by atoms with E-state index in [1.165, 1.54) is 31.2 Å². The molecule has 2 N–H and O–H groups in total. The predicted molar refractivity (Wildman–Crippen MR) is 72.0 cm³/mol. The van der Waals surface area contributed by atoms with Gasteiger partial charge in [-0.3, -0.25) is 4.79 Å². The van der Waals surface area contributed by atoms with Crippen LogP contribution in [0.1, 0.15) is 20.3 Å². The van der Waals surface area contributed by atoms with Crippen LogP contribution in [-0.2, 0) is 14.8 Å². The topological polar surface area (TPSA) is 86.7 Å². The molecular weight excluding hydrogens is 268 g/mol. The van der Waals surface area contributed by atoms with E-state index in [1.54, 1.807) is 0 Å². The summed E-state index contributed by atoms with van der Waals surface area (Å²) in [6.45, 7) is 2.91.